The molecule has 0 aliphatic carbocycles. The average molecular weight is 528 g/mol. The minimum absolute atomic E-state index is 0. The fraction of sp³-hybridized carbons (Fsp3) is 0.435. The molecule has 4 nitrogen and oxygen atoms in total. The van der Waals surface area contributed by atoms with Crippen molar-refractivity contribution in [1.82, 2.24) is 15.1 Å². The van der Waals surface area contributed by atoms with Gasteiger partial charge in [-0.3, -0.25) is 0 Å². The standard InChI is InChI=1S/C23H24F7N3O.ClH/c1-13-8-18(24)4-5-19(13)20-14(2)31-6-7-33(20)21(34)32(3)12-15-9-16(22(25,26)27)11-17(10-15)23(28,29)30;/h4-5,8-11,14,20,31H,6-7,12H2,1-3H3;1H. The molecule has 0 bridgehead atoms. The first-order valence-corrected chi connectivity index (χ1v) is 10.5. The predicted molar refractivity (Wildman–Crippen MR) is 119 cm³/mol. The Balaban J connectivity index is 0.00000432. The van der Waals surface area contributed by atoms with Crippen LogP contribution in [0.25, 0.3) is 0 Å². The molecule has 1 N–H and O–H groups in total. The molecule has 2 aromatic carbocycles. The SMILES string of the molecule is Cc1cc(F)ccc1C1C(C)NCCN1C(=O)N(C)Cc1cc(C(F)(F)F)cc(C(F)(F)F)c1.Cl. The molecule has 1 saturated heterocycles. The van der Waals surface area contributed by atoms with Crippen LogP contribution in [0.2, 0.25) is 0 Å². The quantitative estimate of drug-likeness (QED) is 0.484. The summed E-state index contributed by atoms with van der Waals surface area (Å²) in [5, 5.41) is 3.24. The van der Waals surface area contributed by atoms with Crippen molar-refractivity contribution in [3.8, 4) is 0 Å². The van der Waals surface area contributed by atoms with Gasteiger partial charge in [-0.1, -0.05) is 6.07 Å². The minimum Gasteiger partial charge on any atom is -0.323 e. The van der Waals surface area contributed by atoms with Crippen LogP contribution in [-0.4, -0.2) is 42.0 Å². The second kappa shape index (κ2) is 10.6. The van der Waals surface area contributed by atoms with E-state index in [1.165, 1.54) is 24.1 Å². The molecular formula is C23H25ClF7N3O. The van der Waals surface area contributed by atoms with Crippen LogP contribution in [0.4, 0.5) is 35.5 Å². The van der Waals surface area contributed by atoms with Gasteiger partial charge in [-0.05, 0) is 60.9 Å². The van der Waals surface area contributed by atoms with Crippen LogP contribution in [0.15, 0.2) is 36.4 Å². The second-order valence-electron chi connectivity index (χ2n) is 8.43. The van der Waals surface area contributed by atoms with Crippen molar-refractivity contribution in [2.24, 2.45) is 0 Å². The third kappa shape index (κ3) is 6.58. The number of rotatable bonds is 3. The molecule has 0 saturated carbocycles. The molecule has 194 valence electrons. The summed E-state index contributed by atoms with van der Waals surface area (Å²) >= 11 is 0. The molecule has 3 rings (SSSR count). The maximum Gasteiger partial charge on any atom is 0.416 e. The van der Waals surface area contributed by atoms with Gasteiger partial charge in [-0.25, -0.2) is 9.18 Å². The van der Waals surface area contributed by atoms with Crippen LogP contribution in [0, 0.1) is 12.7 Å². The van der Waals surface area contributed by atoms with Crippen molar-refractivity contribution in [3.05, 3.63) is 70.0 Å². The number of benzene rings is 2. The molecule has 0 aromatic heterocycles. The van der Waals surface area contributed by atoms with E-state index in [1.54, 1.807) is 13.0 Å². The van der Waals surface area contributed by atoms with Crippen LogP contribution >= 0.6 is 12.4 Å². The summed E-state index contributed by atoms with van der Waals surface area (Å²) < 4.78 is 92.7. The number of nitrogens with zero attached hydrogens (tertiary/aromatic N) is 2. The lowest BCUT2D eigenvalue weighted by molar-refractivity contribution is -0.143. The van der Waals surface area contributed by atoms with E-state index in [1.807, 2.05) is 6.92 Å². The number of alkyl halides is 6. The van der Waals surface area contributed by atoms with Gasteiger partial charge >= 0.3 is 18.4 Å². The van der Waals surface area contributed by atoms with E-state index in [9.17, 15) is 35.5 Å². The molecule has 12 heteroatoms. The van der Waals surface area contributed by atoms with Crippen molar-refractivity contribution >= 4 is 18.4 Å². The molecule has 2 unspecified atom stereocenters. The van der Waals surface area contributed by atoms with Gasteiger partial charge in [0.2, 0.25) is 0 Å². The van der Waals surface area contributed by atoms with E-state index in [4.69, 9.17) is 0 Å². The largest absolute Gasteiger partial charge is 0.416 e. The summed E-state index contributed by atoms with van der Waals surface area (Å²) in [6, 6.07) is 4.17. The van der Waals surface area contributed by atoms with Gasteiger partial charge in [-0.15, -0.1) is 12.4 Å². The van der Waals surface area contributed by atoms with Crippen molar-refractivity contribution in [2.75, 3.05) is 20.1 Å². The van der Waals surface area contributed by atoms with Gasteiger partial charge in [0, 0.05) is 32.7 Å². The van der Waals surface area contributed by atoms with Crippen LogP contribution in [-0.2, 0) is 18.9 Å². The topological polar surface area (TPSA) is 35.6 Å². The third-order valence-electron chi connectivity index (χ3n) is 5.82. The highest BCUT2D eigenvalue weighted by Gasteiger charge is 2.38. The maximum atomic E-state index is 13.6. The first-order valence-electron chi connectivity index (χ1n) is 10.5. The number of amides is 2. The number of nitrogens with one attached hydrogen (secondary N) is 1. The number of carbonyl (C=O) groups excluding carboxylic acids is 1. The molecular weight excluding hydrogens is 503 g/mol. The summed E-state index contributed by atoms with van der Waals surface area (Å²) in [4.78, 5) is 15.9. The lowest BCUT2D eigenvalue weighted by Crippen LogP contribution is -2.56. The summed E-state index contributed by atoms with van der Waals surface area (Å²) in [7, 11) is 1.32. The Morgan fingerprint density at radius 2 is 1.63 bits per heavy atom. The fourth-order valence-corrected chi connectivity index (χ4v) is 4.23. The average Bonchev–Trinajstić information content (AvgIpc) is 2.72. The van der Waals surface area contributed by atoms with Crippen molar-refractivity contribution in [1.29, 1.82) is 0 Å². The van der Waals surface area contributed by atoms with E-state index >= 15 is 0 Å². The molecule has 0 radical (unpaired) electrons. The van der Waals surface area contributed by atoms with E-state index in [0.29, 0.717) is 29.8 Å². The van der Waals surface area contributed by atoms with Crippen LogP contribution < -0.4 is 5.32 Å². The zero-order valence-corrected chi connectivity index (χ0v) is 19.9. The van der Waals surface area contributed by atoms with E-state index in [0.717, 1.165) is 4.90 Å². The second-order valence-corrected chi connectivity index (χ2v) is 8.43. The lowest BCUT2D eigenvalue weighted by atomic mass is 9.93. The first kappa shape index (κ1) is 28.7. The zero-order valence-electron chi connectivity index (χ0n) is 19.1. The molecule has 1 aliphatic heterocycles. The van der Waals surface area contributed by atoms with E-state index in [-0.39, 0.29) is 36.6 Å². The summed E-state index contributed by atoms with van der Waals surface area (Å²) in [5.41, 5.74) is -1.85. The fourth-order valence-electron chi connectivity index (χ4n) is 4.23. The van der Waals surface area contributed by atoms with Gasteiger partial charge < -0.3 is 15.1 Å². The highest BCUT2D eigenvalue weighted by Crippen LogP contribution is 2.37. The molecule has 2 aromatic rings. The first-order chi connectivity index (χ1) is 15.7. The van der Waals surface area contributed by atoms with Gasteiger partial charge in [0.25, 0.3) is 0 Å². The van der Waals surface area contributed by atoms with Crippen LogP contribution in [0.3, 0.4) is 0 Å². The smallest absolute Gasteiger partial charge is 0.323 e. The predicted octanol–water partition coefficient (Wildman–Crippen LogP) is 6.18. The number of hydrogen-bond acceptors (Lipinski definition) is 2. The monoisotopic (exact) mass is 527 g/mol. The number of carbonyl (C=O) groups is 1. The number of aryl methyl sites for hydroxylation is 1. The Morgan fingerprint density at radius 3 is 2.14 bits per heavy atom. The van der Waals surface area contributed by atoms with Gasteiger partial charge in [-0.2, -0.15) is 26.3 Å². The molecule has 2 atom stereocenters. The normalized spacial score (nSPS) is 18.7. The Labute approximate surface area is 204 Å². The van der Waals surface area contributed by atoms with Crippen LogP contribution in [0.5, 0.6) is 0 Å². The Hall–Kier alpha value is -2.53. The number of piperazine rings is 1. The van der Waals surface area contributed by atoms with E-state index < -0.39 is 47.9 Å². The molecule has 35 heavy (non-hydrogen) atoms. The maximum absolute atomic E-state index is 13.6. The number of halogens is 8. The van der Waals surface area contributed by atoms with E-state index in [2.05, 4.69) is 5.32 Å². The minimum atomic E-state index is -4.97. The summed E-state index contributed by atoms with van der Waals surface area (Å²) in [6.07, 6.45) is -9.95. The Morgan fingerprint density at radius 1 is 1.06 bits per heavy atom. The Kier molecular flexibility index (Phi) is 8.70. The molecule has 1 fully saturated rings. The third-order valence-corrected chi connectivity index (χ3v) is 5.82. The zero-order chi connectivity index (χ0) is 25.4. The Bertz CT molecular complexity index is 1030. The highest BCUT2D eigenvalue weighted by atomic mass is 35.5. The summed E-state index contributed by atoms with van der Waals surface area (Å²) in [6.45, 7) is 3.78. The lowest BCUT2D eigenvalue weighted by Gasteiger charge is -2.43. The van der Waals surface area contributed by atoms with Gasteiger partial charge in [0.15, 0.2) is 0 Å². The van der Waals surface area contributed by atoms with Crippen molar-refractivity contribution < 1.29 is 35.5 Å². The molecule has 2 amide bonds. The summed E-state index contributed by atoms with van der Waals surface area (Å²) in [5.74, 6) is -0.433. The van der Waals surface area contributed by atoms with Gasteiger partial charge in [0.1, 0.15) is 5.82 Å². The highest BCUT2D eigenvalue weighted by molar-refractivity contribution is 5.85. The van der Waals surface area contributed by atoms with Gasteiger partial charge in [0.05, 0.1) is 17.2 Å². The molecule has 1 heterocycles. The van der Waals surface area contributed by atoms with Crippen molar-refractivity contribution in [3.63, 3.8) is 0 Å². The number of urea groups is 1. The molecule has 1 aliphatic rings. The molecule has 0 spiro atoms. The van der Waals surface area contributed by atoms with Crippen molar-refractivity contribution in [2.45, 2.75) is 44.8 Å². The number of hydrogen-bond donors (Lipinski definition) is 1. The van der Waals surface area contributed by atoms with Crippen LogP contribution in [0.1, 0.15) is 40.8 Å².